The van der Waals surface area contributed by atoms with Gasteiger partial charge >= 0.3 is 0 Å². The van der Waals surface area contributed by atoms with Gasteiger partial charge in [-0.1, -0.05) is 26.8 Å². The zero-order valence-electron chi connectivity index (χ0n) is 13.4. The van der Waals surface area contributed by atoms with Crippen molar-refractivity contribution in [3.8, 4) is 5.75 Å². The fourth-order valence-electron chi connectivity index (χ4n) is 2.78. The van der Waals surface area contributed by atoms with Gasteiger partial charge in [-0.25, -0.2) is 0 Å². The van der Waals surface area contributed by atoms with E-state index in [0.29, 0.717) is 0 Å². The molecule has 1 N–H and O–H groups in total. The standard InChI is InChI=1S/C17H29NO/c1-7-9-18-10-8-17(4,5)16-14(3)11-13(2)12-15(16)19-6/h11-12,18H,7-10H2,1-6H3. The molecule has 2 nitrogen and oxygen atoms in total. The van der Waals surface area contributed by atoms with Gasteiger partial charge in [-0.2, -0.15) is 0 Å². The molecule has 108 valence electrons. The van der Waals surface area contributed by atoms with E-state index in [1.807, 2.05) is 0 Å². The molecule has 0 unspecified atom stereocenters. The zero-order chi connectivity index (χ0) is 14.5. The minimum atomic E-state index is 0.129. The van der Waals surface area contributed by atoms with E-state index >= 15 is 0 Å². The molecular formula is C17H29NO. The molecule has 1 aromatic rings. The largest absolute Gasteiger partial charge is 0.496 e. The molecule has 19 heavy (non-hydrogen) atoms. The maximum atomic E-state index is 5.60. The molecule has 0 radical (unpaired) electrons. The second-order valence-electron chi connectivity index (χ2n) is 6.04. The normalized spacial score (nSPS) is 11.7. The highest BCUT2D eigenvalue weighted by molar-refractivity contribution is 5.47. The van der Waals surface area contributed by atoms with Crippen LogP contribution in [0.2, 0.25) is 0 Å². The first kappa shape index (κ1) is 16.0. The summed E-state index contributed by atoms with van der Waals surface area (Å²) >= 11 is 0. The Balaban J connectivity index is 2.93. The van der Waals surface area contributed by atoms with Gasteiger partial charge in [-0.3, -0.25) is 0 Å². The summed E-state index contributed by atoms with van der Waals surface area (Å²) in [5.41, 5.74) is 4.07. The number of aryl methyl sites for hydroxylation is 2. The van der Waals surface area contributed by atoms with Gasteiger partial charge in [0.05, 0.1) is 7.11 Å². The highest BCUT2D eigenvalue weighted by Crippen LogP contribution is 2.37. The van der Waals surface area contributed by atoms with E-state index in [1.54, 1.807) is 7.11 Å². The Bertz CT molecular complexity index is 410. The second-order valence-corrected chi connectivity index (χ2v) is 6.04. The first-order valence-corrected chi connectivity index (χ1v) is 7.28. The summed E-state index contributed by atoms with van der Waals surface area (Å²) < 4.78 is 5.60. The Hall–Kier alpha value is -1.02. The van der Waals surface area contributed by atoms with Crippen LogP contribution in [0.5, 0.6) is 5.75 Å². The van der Waals surface area contributed by atoms with Crippen LogP contribution in [-0.2, 0) is 5.41 Å². The minimum absolute atomic E-state index is 0.129. The molecule has 0 fully saturated rings. The van der Waals surface area contributed by atoms with Crippen LogP contribution in [0.25, 0.3) is 0 Å². The van der Waals surface area contributed by atoms with Crippen molar-refractivity contribution in [2.45, 2.75) is 52.9 Å². The smallest absolute Gasteiger partial charge is 0.123 e. The van der Waals surface area contributed by atoms with E-state index in [0.717, 1.165) is 25.3 Å². The predicted octanol–water partition coefficient (Wildman–Crippen LogP) is 3.98. The van der Waals surface area contributed by atoms with Crippen LogP contribution >= 0.6 is 0 Å². The van der Waals surface area contributed by atoms with Crippen molar-refractivity contribution < 1.29 is 4.74 Å². The number of ether oxygens (including phenoxy) is 1. The van der Waals surface area contributed by atoms with E-state index in [1.165, 1.54) is 23.1 Å². The minimum Gasteiger partial charge on any atom is -0.496 e. The fraction of sp³-hybridized carbons (Fsp3) is 0.647. The topological polar surface area (TPSA) is 21.3 Å². The molecule has 0 aliphatic rings. The highest BCUT2D eigenvalue weighted by Gasteiger charge is 2.26. The van der Waals surface area contributed by atoms with Crippen LogP contribution < -0.4 is 10.1 Å². The Morgan fingerprint density at radius 1 is 1.16 bits per heavy atom. The van der Waals surface area contributed by atoms with Crippen molar-refractivity contribution in [2.75, 3.05) is 20.2 Å². The molecule has 0 aliphatic heterocycles. The quantitative estimate of drug-likeness (QED) is 0.751. The van der Waals surface area contributed by atoms with Gasteiger partial charge in [-0.05, 0) is 62.4 Å². The van der Waals surface area contributed by atoms with E-state index in [2.05, 4.69) is 52.1 Å². The number of hydrogen-bond donors (Lipinski definition) is 1. The molecule has 0 atom stereocenters. The Morgan fingerprint density at radius 3 is 2.42 bits per heavy atom. The molecular weight excluding hydrogens is 234 g/mol. The summed E-state index contributed by atoms with van der Waals surface area (Å²) in [6.45, 7) is 13.3. The van der Waals surface area contributed by atoms with Gasteiger partial charge in [0.15, 0.2) is 0 Å². The molecule has 0 amide bonds. The molecule has 0 aromatic heterocycles. The highest BCUT2D eigenvalue weighted by atomic mass is 16.5. The van der Waals surface area contributed by atoms with Crippen molar-refractivity contribution in [2.24, 2.45) is 0 Å². The third kappa shape index (κ3) is 4.24. The molecule has 0 saturated heterocycles. The van der Waals surface area contributed by atoms with Crippen LogP contribution in [0.1, 0.15) is 50.3 Å². The maximum Gasteiger partial charge on any atom is 0.123 e. The summed E-state index contributed by atoms with van der Waals surface area (Å²) in [5.74, 6) is 1.03. The van der Waals surface area contributed by atoms with Crippen LogP contribution in [-0.4, -0.2) is 20.2 Å². The van der Waals surface area contributed by atoms with Crippen molar-refractivity contribution in [1.82, 2.24) is 5.32 Å². The van der Waals surface area contributed by atoms with Gasteiger partial charge < -0.3 is 10.1 Å². The maximum absolute atomic E-state index is 5.60. The first-order chi connectivity index (χ1) is 8.92. The summed E-state index contributed by atoms with van der Waals surface area (Å²) in [6, 6.07) is 4.39. The van der Waals surface area contributed by atoms with E-state index < -0.39 is 0 Å². The molecule has 0 saturated carbocycles. The van der Waals surface area contributed by atoms with Gasteiger partial charge in [-0.15, -0.1) is 0 Å². The van der Waals surface area contributed by atoms with Crippen molar-refractivity contribution >= 4 is 0 Å². The molecule has 1 aromatic carbocycles. The predicted molar refractivity (Wildman–Crippen MR) is 83.3 cm³/mol. The lowest BCUT2D eigenvalue weighted by atomic mass is 9.78. The monoisotopic (exact) mass is 263 g/mol. The van der Waals surface area contributed by atoms with Crippen LogP contribution in [0.4, 0.5) is 0 Å². The summed E-state index contributed by atoms with van der Waals surface area (Å²) in [5, 5.41) is 3.49. The fourth-order valence-corrected chi connectivity index (χ4v) is 2.78. The number of nitrogens with one attached hydrogen (secondary N) is 1. The van der Waals surface area contributed by atoms with E-state index in [-0.39, 0.29) is 5.41 Å². The summed E-state index contributed by atoms with van der Waals surface area (Å²) in [4.78, 5) is 0. The number of hydrogen-bond acceptors (Lipinski definition) is 2. The lowest BCUT2D eigenvalue weighted by Gasteiger charge is -2.29. The SMILES string of the molecule is CCCNCCC(C)(C)c1c(C)cc(C)cc1OC. The van der Waals surface area contributed by atoms with Crippen LogP contribution in [0, 0.1) is 13.8 Å². The van der Waals surface area contributed by atoms with Crippen LogP contribution in [0.3, 0.4) is 0 Å². The molecule has 0 heterocycles. The Kier molecular flexibility index (Phi) is 5.86. The third-order valence-electron chi connectivity index (χ3n) is 3.69. The Labute approximate surface area is 118 Å². The first-order valence-electron chi connectivity index (χ1n) is 7.28. The summed E-state index contributed by atoms with van der Waals surface area (Å²) in [6.07, 6.45) is 2.31. The van der Waals surface area contributed by atoms with Crippen molar-refractivity contribution in [1.29, 1.82) is 0 Å². The molecule has 2 heteroatoms. The number of rotatable bonds is 7. The van der Waals surface area contributed by atoms with E-state index in [4.69, 9.17) is 4.74 Å². The average molecular weight is 263 g/mol. The molecule has 0 aliphatic carbocycles. The zero-order valence-corrected chi connectivity index (χ0v) is 13.4. The number of methoxy groups -OCH3 is 1. The van der Waals surface area contributed by atoms with Gasteiger partial charge in [0, 0.05) is 5.56 Å². The lowest BCUT2D eigenvalue weighted by Crippen LogP contribution is -2.27. The second kappa shape index (κ2) is 6.95. The molecule has 1 rings (SSSR count). The Morgan fingerprint density at radius 2 is 1.84 bits per heavy atom. The van der Waals surface area contributed by atoms with E-state index in [9.17, 15) is 0 Å². The summed E-state index contributed by atoms with van der Waals surface area (Å²) in [7, 11) is 1.77. The van der Waals surface area contributed by atoms with Crippen LogP contribution in [0.15, 0.2) is 12.1 Å². The molecule has 0 bridgehead atoms. The van der Waals surface area contributed by atoms with Gasteiger partial charge in [0.2, 0.25) is 0 Å². The van der Waals surface area contributed by atoms with Gasteiger partial charge in [0.1, 0.15) is 5.75 Å². The van der Waals surface area contributed by atoms with Gasteiger partial charge in [0.25, 0.3) is 0 Å². The third-order valence-corrected chi connectivity index (χ3v) is 3.69. The lowest BCUT2D eigenvalue weighted by molar-refractivity contribution is 0.380. The average Bonchev–Trinajstić information content (AvgIpc) is 2.33. The number of benzene rings is 1. The van der Waals surface area contributed by atoms with Crippen molar-refractivity contribution in [3.63, 3.8) is 0 Å². The molecule has 0 spiro atoms. The van der Waals surface area contributed by atoms with Crippen molar-refractivity contribution in [3.05, 3.63) is 28.8 Å².